The van der Waals surface area contributed by atoms with E-state index in [9.17, 15) is 4.79 Å². The Balaban J connectivity index is 1.49. The number of imidazole rings is 1. The zero-order valence-electron chi connectivity index (χ0n) is 14.5. The van der Waals surface area contributed by atoms with Crippen molar-refractivity contribution in [2.24, 2.45) is 0 Å². The van der Waals surface area contributed by atoms with Crippen LogP contribution in [0.3, 0.4) is 0 Å². The summed E-state index contributed by atoms with van der Waals surface area (Å²) in [5.41, 5.74) is 4.69. The van der Waals surface area contributed by atoms with Crippen molar-refractivity contribution in [2.75, 3.05) is 0 Å². The van der Waals surface area contributed by atoms with Gasteiger partial charge in [0.05, 0.1) is 35.9 Å². The highest BCUT2D eigenvalue weighted by Crippen LogP contribution is 2.33. The average Bonchev–Trinajstić information content (AvgIpc) is 3.28. The van der Waals surface area contributed by atoms with E-state index in [0.29, 0.717) is 18.0 Å². The normalized spacial score (nSPS) is 15.6. The minimum Gasteiger partial charge on any atom is -0.346 e. The fraction of sp³-hybridized carbons (Fsp3) is 0.421. The molecule has 6 nitrogen and oxygen atoms in total. The highest BCUT2D eigenvalue weighted by Gasteiger charge is 2.23. The van der Waals surface area contributed by atoms with Crippen molar-refractivity contribution >= 4 is 11.6 Å². The molecule has 1 fully saturated rings. The van der Waals surface area contributed by atoms with Crippen molar-refractivity contribution in [1.29, 1.82) is 0 Å². The fourth-order valence-electron chi connectivity index (χ4n) is 3.78. The minimum atomic E-state index is -0.0723. The molecule has 0 saturated heterocycles. The number of aromatic amines is 1. The summed E-state index contributed by atoms with van der Waals surface area (Å²) in [4.78, 5) is 17.1. The predicted molar refractivity (Wildman–Crippen MR) is 95.5 cm³/mol. The second-order valence-corrected chi connectivity index (χ2v) is 6.85. The average molecular weight is 337 g/mol. The molecule has 0 aliphatic heterocycles. The lowest BCUT2D eigenvalue weighted by Crippen LogP contribution is -2.25. The lowest BCUT2D eigenvalue weighted by atomic mass is 9.85. The molecule has 0 spiro atoms. The molecule has 3 aromatic rings. The van der Waals surface area contributed by atoms with Gasteiger partial charge in [-0.1, -0.05) is 25.3 Å². The molecule has 0 aromatic carbocycles. The van der Waals surface area contributed by atoms with E-state index in [1.807, 2.05) is 35.9 Å². The Labute approximate surface area is 146 Å². The van der Waals surface area contributed by atoms with Crippen molar-refractivity contribution in [3.05, 3.63) is 53.2 Å². The number of hydrogen-bond donors (Lipinski definition) is 2. The Bertz CT molecular complexity index is 888. The standard InChI is InChI=1S/C19H23N5O/c1-13-6-5-9-24-15(10-20-18(13)24)11-21-19(25)16-12-22-23-17(16)14-7-3-2-4-8-14/h5-6,9-10,12,14H,2-4,7-8,11H2,1H3,(H,21,25)(H,22,23). The van der Waals surface area contributed by atoms with Gasteiger partial charge < -0.3 is 9.72 Å². The first kappa shape index (κ1) is 15.9. The number of rotatable bonds is 4. The molecule has 3 heterocycles. The van der Waals surface area contributed by atoms with Gasteiger partial charge in [0, 0.05) is 12.1 Å². The van der Waals surface area contributed by atoms with Crippen LogP contribution in [0.25, 0.3) is 5.65 Å². The summed E-state index contributed by atoms with van der Waals surface area (Å²) >= 11 is 0. The maximum atomic E-state index is 12.7. The van der Waals surface area contributed by atoms with Crippen molar-refractivity contribution in [3.8, 4) is 0 Å². The van der Waals surface area contributed by atoms with Gasteiger partial charge in [-0.3, -0.25) is 9.89 Å². The number of carbonyl (C=O) groups is 1. The summed E-state index contributed by atoms with van der Waals surface area (Å²) in [6.45, 7) is 2.48. The number of carbonyl (C=O) groups excluding carboxylic acids is 1. The van der Waals surface area contributed by atoms with Crippen LogP contribution in [-0.2, 0) is 6.54 Å². The maximum absolute atomic E-state index is 12.7. The zero-order chi connectivity index (χ0) is 17.2. The van der Waals surface area contributed by atoms with Gasteiger partial charge in [0.1, 0.15) is 5.65 Å². The Kier molecular flexibility index (Phi) is 4.26. The summed E-state index contributed by atoms with van der Waals surface area (Å²) in [6.07, 6.45) is 11.5. The van der Waals surface area contributed by atoms with Gasteiger partial charge in [-0.25, -0.2) is 4.98 Å². The second kappa shape index (κ2) is 6.70. The molecule has 25 heavy (non-hydrogen) atoms. The SMILES string of the molecule is Cc1cccn2c(CNC(=O)c3cn[nH]c3C3CCCCC3)cnc12. The third-order valence-electron chi connectivity index (χ3n) is 5.16. The van der Waals surface area contributed by atoms with Gasteiger partial charge >= 0.3 is 0 Å². The summed E-state index contributed by atoms with van der Waals surface area (Å²) in [6, 6.07) is 4.03. The number of hydrogen-bond acceptors (Lipinski definition) is 3. The van der Waals surface area contributed by atoms with E-state index in [0.717, 1.165) is 35.4 Å². The molecule has 1 saturated carbocycles. The topological polar surface area (TPSA) is 75.1 Å². The minimum absolute atomic E-state index is 0.0723. The second-order valence-electron chi connectivity index (χ2n) is 6.85. The van der Waals surface area contributed by atoms with Crippen molar-refractivity contribution in [1.82, 2.24) is 24.9 Å². The summed E-state index contributed by atoms with van der Waals surface area (Å²) in [7, 11) is 0. The van der Waals surface area contributed by atoms with Crippen LogP contribution in [0.1, 0.15) is 65.3 Å². The summed E-state index contributed by atoms with van der Waals surface area (Å²) < 4.78 is 2.02. The first-order valence-corrected chi connectivity index (χ1v) is 8.97. The van der Waals surface area contributed by atoms with E-state index < -0.39 is 0 Å². The number of pyridine rings is 1. The van der Waals surface area contributed by atoms with E-state index in [1.54, 1.807) is 6.20 Å². The molecule has 1 amide bonds. The molecule has 1 aliphatic carbocycles. The number of amides is 1. The smallest absolute Gasteiger partial charge is 0.255 e. The van der Waals surface area contributed by atoms with Crippen LogP contribution in [0.15, 0.2) is 30.7 Å². The number of fused-ring (bicyclic) bond motifs is 1. The Morgan fingerprint density at radius 3 is 3.00 bits per heavy atom. The van der Waals surface area contributed by atoms with Crippen LogP contribution in [0.5, 0.6) is 0 Å². The highest BCUT2D eigenvalue weighted by molar-refractivity contribution is 5.95. The van der Waals surface area contributed by atoms with Gasteiger partial charge in [0.15, 0.2) is 0 Å². The molecule has 4 rings (SSSR count). The quantitative estimate of drug-likeness (QED) is 0.767. The maximum Gasteiger partial charge on any atom is 0.255 e. The third kappa shape index (κ3) is 3.04. The largest absolute Gasteiger partial charge is 0.346 e. The van der Waals surface area contributed by atoms with Crippen LogP contribution in [0.4, 0.5) is 0 Å². The molecule has 0 atom stereocenters. The molecule has 6 heteroatoms. The molecule has 0 unspecified atom stereocenters. The number of nitrogens with one attached hydrogen (secondary N) is 2. The first-order valence-electron chi connectivity index (χ1n) is 8.97. The van der Waals surface area contributed by atoms with Crippen LogP contribution in [0.2, 0.25) is 0 Å². The summed E-state index contributed by atoms with van der Waals surface area (Å²) in [5, 5.41) is 10.2. The first-order chi connectivity index (χ1) is 12.2. The predicted octanol–water partition coefficient (Wildman–Crippen LogP) is 3.34. The number of H-pyrrole nitrogens is 1. The lowest BCUT2D eigenvalue weighted by molar-refractivity contribution is 0.0948. The molecular formula is C19H23N5O. The van der Waals surface area contributed by atoms with E-state index in [4.69, 9.17) is 0 Å². The summed E-state index contributed by atoms with van der Waals surface area (Å²) in [5.74, 6) is 0.354. The van der Waals surface area contributed by atoms with Gasteiger partial charge in [0.25, 0.3) is 5.91 Å². The van der Waals surface area contributed by atoms with E-state index in [2.05, 4.69) is 20.5 Å². The van der Waals surface area contributed by atoms with Crippen LogP contribution >= 0.6 is 0 Å². The monoisotopic (exact) mass is 337 g/mol. The fourth-order valence-corrected chi connectivity index (χ4v) is 3.78. The van der Waals surface area contributed by atoms with Gasteiger partial charge in [-0.2, -0.15) is 5.10 Å². The Hall–Kier alpha value is -2.63. The molecule has 0 radical (unpaired) electrons. The van der Waals surface area contributed by atoms with Crippen molar-refractivity contribution < 1.29 is 4.79 Å². The van der Waals surface area contributed by atoms with E-state index in [-0.39, 0.29) is 5.91 Å². The third-order valence-corrected chi connectivity index (χ3v) is 5.16. The Morgan fingerprint density at radius 2 is 2.16 bits per heavy atom. The molecule has 0 bridgehead atoms. The van der Waals surface area contributed by atoms with Crippen molar-refractivity contribution in [3.63, 3.8) is 0 Å². The molecule has 1 aliphatic rings. The van der Waals surface area contributed by atoms with Crippen molar-refractivity contribution in [2.45, 2.75) is 51.5 Å². The van der Waals surface area contributed by atoms with Crippen LogP contribution in [-0.4, -0.2) is 25.5 Å². The highest BCUT2D eigenvalue weighted by atomic mass is 16.1. The Morgan fingerprint density at radius 1 is 1.32 bits per heavy atom. The zero-order valence-corrected chi connectivity index (χ0v) is 14.5. The number of aromatic nitrogens is 4. The molecule has 130 valence electrons. The van der Waals surface area contributed by atoms with E-state index in [1.165, 1.54) is 19.3 Å². The molecular weight excluding hydrogens is 314 g/mol. The number of aryl methyl sites for hydroxylation is 1. The lowest BCUT2D eigenvalue weighted by Gasteiger charge is -2.21. The van der Waals surface area contributed by atoms with Gasteiger partial charge in [-0.15, -0.1) is 0 Å². The molecule has 3 aromatic heterocycles. The van der Waals surface area contributed by atoms with Crippen LogP contribution in [0, 0.1) is 6.92 Å². The van der Waals surface area contributed by atoms with Gasteiger partial charge in [-0.05, 0) is 31.4 Å². The number of nitrogens with zero attached hydrogens (tertiary/aromatic N) is 3. The molecule has 2 N–H and O–H groups in total. The van der Waals surface area contributed by atoms with Gasteiger partial charge in [0.2, 0.25) is 0 Å². The van der Waals surface area contributed by atoms with E-state index >= 15 is 0 Å². The van der Waals surface area contributed by atoms with Crippen LogP contribution < -0.4 is 5.32 Å².